The largest absolute Gasteiger partial charge is 0.444 e. The van der Waals surface area contributed by atoms with Crippen LogP contribution in [0.25, 0.3) is 0 Å². The van der Waals surface area contributed by atoms with Crippen LogP contribution >= 0.6 is 0 Å². The molecule has 6 heteroatoms. The number of ether oxygens (including phenoxy) is 2. The monoisotopic (exact) mass is 380 g/mol. The van der Waals surface area contributed by atoms with Gasteiger partial charge in [-0.15, -0.1) is 0 Å². The van der Waals surface area contributed by atoms with Crippen LogP contribution in [0.4, 0.5) is 9.18 Å². The van der Waals surface area contributed by atoms with Crippen LogP contribution in [0, 0.1) is 11.2 Å². The molecule has 0 N–H and O–H groups in total. The molecule has 1 aromatic rings. The number of nitrogens with zero attached hydrogens (tertiary/aromatic N) is 2. The molecular formula is C21H33FN2O3. The number of carbonyl (C=O) groups is 1. The van der Waals surface area contributed by atoms with Gasteiger partial charge in [-0.2, -0.15) is 0 Å². The van der Waals surface area contributed by atoms with Crippen molar-refractivity contribution >= 4 is 6.09 Å². The molecule has 1 saturated heterocycles. The molecule has 1 unspecified atom stereocenters. The van der Waals surface area contributed by atoms with Crippen molar-refractivity contribution in [3.8, 4) is 0 Å². The first-order chi connectivity index (χ1) is 12.2. The summed E-state index contributed by atoms with van der Waals surface area (Å²) in [7, 11) is 0. The fourth-order valence-electron chi connectivity index (χ4n) is 2.93. The van der Waals surface area contributed by atoms with E-state index in [1.165, 1.54) is 6.07 Å². The van der Waals surface area contributed by atoms with Crippen molar-refractivity contribution in [3.63, 3.8) is 0 Å². The average molecular weight is 381 g/mol. The number of amides is 1. The lowest BCUT2D eigenvalue weighted by Crippen LogP contribution is -2.43. The highest BCUT2D eigenvalue weighted by molar-refractivity contribution is 5.69. The molecule has 1 aromatic heterocycles. The van der Waals surface area contributed by atoms with Crippen LogP contribution in [0.2, 0.25) is 0 Å². The normalized spacial score (nSPS) is 21.4. The molecule has 0 saturated carbocycles. The fraction of sp³-hybridized carbons (Fsp3) is 0.714. The Kier molecular flexibility index (Phi) is 5.91. The maximum atomic E-state index is 13.7. The minimum absolute atomic E-state index is 0.0672. The molecule has 0 aromatic carbocycles. The standard InChI is InChI=1S/C21H33FN2O3/c1-19(2,3)21(7,8)26-16-10-17(14-9-15(22)12-23-11-14)24(13-16)18(25)27-20(4,5)6/h9,11-12,16-17H,10,13H2,1-8H3/t16-,17?/m1/s1. The van der Waals surface area contributed by atoms with Gasteiger partial charge >= 0.3 is 6.09 Å². The maximum Gasteiger partial charge on any atom is 0.410 e. The molecule has 1 aliphatic heterocycles. The van der Waals surface area contributed by atoms with E-state index in [0.717, 1.165) is 6.20 Å². The lowest BCUT2D eigenvalue weighted by atomic mass is 9.79. The topological polar surface area (TPSA) is 51.7 Å². The summed E-state index contributed by atoms with van der Waals surface area (Å²) < 4.78 is 25.7. The number of carbonyl (C=O) groups excluding carboxylic acids is 1. The summed E-state index contributed by atoms with van der Waals surface area (Å²) in [5.74, 6) is -0.420. The number of hydrogen-bond acceptors (Lipinski definition) is 4. The Hall–Kier alpha value is -1.69. The average Bonchev–Trinajstić information content (AvgIpc) is 2.87. The molecule has 27 heavy (non-hydrogen) atoms. The number of aromatic nitrogens is 1. The molecule has 0 spiro atoms. The van der Waals surface area contributed by atoms with E-state index in [-0.39, 0.29) is 23.2 Å². The molecule has 2 heterocycles. The van der Waals surface area contributed by atoms with E-state index in [2.05, 4.69) is 39.6 Å². The van der Waals surface area contributed by atoms with Crippen LogP contribution in [-0.2, 0) is 9.47 Å². The maximum absolute atomic E-state index is 13.7. The molecule has 1 amide bonds. The van der Waals surface area contributed by atoms with Gasteiger partial charge in [0.2, 0.25) is 0 Å². The van der Waals surface area contributed by atoms with Crippen molar-refractivity contribution in [2.24, 2.45) is 5.41 Å². The molecule has 2 rings (SSSR count). The van der Waals surface area contributed by atoms with Gasteiger partial charge in [0.15, 0.2) is 0 Å². The van der Waals surface area contributed by atoms with Crippen molar-refractivity contribution in [1.82, 2.24) is 9.88 Å². The van der Waals surface area contributed by atoms with Gasteiger partial charge in [-0.25, -0.2) is 9.18 Å². The predicted molar refractivity (Wildman–Crippen MR) is 103 cm³/mol. The smallest absolute Gasteiger partial charge is 0.410 e. The van der Waals surface area contributed by atoms with Crippen LogP contribution in [0.15, 0.2) is 18.5 Å². The minimum atomic E-state index is -0.606. The van der Waals surface area contributed by atoms with Gasteiger partial charge in [0.05, 0.1) is 30.5 Å². The number of rotatable bonds is 3. The molecule has 0 radical (unpaired) electrons. The second kappa shape index (κ2) is 7.38. The van der Waals surface area contributed by atoms with Crippen molar-refractivity contribution < 1.29 is 18.7 Å². The zero-order chi connectivity index (χ0) is 20.6. The second-order valence-corrected chi connectivity index (χ2v) is 9.82. The Morgan fingerprint density at radius 2 is 1.78 bits per heavy atom. The lowest BCUT2D eigenvalue weighted by molar-refractivity contribution is -0.126. The third-order valence-corrected chi connectivity index (χ3v) is 5.27. The first kappa shape index (κ1) is 21.6. The van der Waals surface area contributed by atoms with Crippen LogP contribution in [-0.4, -0.2) is 39.8 Å². The number of hydrogen-bond donors (Lipinski definition) is 0. The van der Waals surface area contributed by atoms with Crippen LogP contribution in [0.3, 0.4) is 0 Å². The van der Waals surface area contributed by atoms with E-state index in [9.17, 15) is 9.18 Å². The molecule has 0 aliphatic carbocycles. The third-order valence-electron chi connectivity index (χ3n) is 5.27. The van der Waals surface area contributed by atoms with E-state index in [0.29, 0.717) is 18.5 Å². The second-order valence-electron chi connectivity index (χ2n) is 9.82. The molecular weight excluding hydrogens is 347 g/mol. The van der Waals surface area contributed by atoms with Gasteiger partial charge in [0.1, 0.15) is 11.4 Å². The van der Waals surface area contributed by atoms with Crippen LogP contribution in [0.1, 0.15) is 73.4 Å². The third kappa shape index (κ3) is 5.41. The quantitative estimate of drug-likeness (QED) is 0.731. The zero-order valence-electron chi connectivity index (χ0n) is 17.8. The Labute approximate surface area is 162 Å². The highest BCUT2D eigenvalue weighted by Gasteiger charge is 2.43. The molecule has 5 nitrogen and oxygen atoms in total. The van der Waals surface area contributed by atoms with E-state index in [1.54, 1.807) is 11.1 Å². The highest BCUT2D eigenvalue weighted by Crippen LogP contribution is 2.40. The lowest BCUT2D eigenvalue weighted by Gasteiger charge is -2.40. The van der Waals surface area contributed by atoms with Gasteiger partial charge in [0, 0.05) is 12.6 Å². The van der Waals surface area contributed by atoms with E-state index >= 15 is 0 Å². The van der Waals surface area contributed by atoms with E-state index < -0.39 is 17.5 Å². The van der Waals surface area contributed by atoms with Crippen molar-refractivity contribution in [3.05, 3.63) is 29.8 Å². The Bertz CT molecular complexity index is 677. The number of halogens is 1. The first-order valence-electron chi connectivity index (χ1n) is 9.47. The van der Waals surface area contributed by atoms with Gasteiger partial charge in [-0.05, 0) is 51.7 Å². The summed E-state index contributed by atoms with van der Waals surface area (Å²) in [6.07, 6.45) is 2.75. The van der Waals surface area contributed by atoms with E-state index in [4.69, 9.17) is 9.47 Å². The van der Waals surface area contributed by atoms with Gasteiger partial charge in [0.25, 0.3) is 0 Å². The van der Waals surface area contributed by atoms with Gasteiger partial charge in [-0.1, -0.05) is 20.8 Å². The summed E-state index contributed by atoms with van der Waals surface area (Å²) in [6, 6.07) is 1.09. The summed E-state index contributed by atoms with van der Waals surface area (Å²) in [4.78, 5) is 18.3. The minimum Gasteiger partial charge on any atom is -0.444 e. The molecule has 1 fully saturated rings. The van der Waals surface area contributed by atoms with E-state index in [1.807, 2.05) is 20.8 Å². The van der Waals surface area contributed by atoms with Crippen LogP contribution < -0.4 is 0 Å². The fourth-order valence-corrected chi connectivity index (χ4v) is 2.93. The summed E-state index contributed by atoms with van der Waals surface area (Å²) in [5, 5.41) is 0. The Balaban J connectivity index is 2.27. The van der Waals surface area contributed by atoms with Gasteiger partial charge < -0.3 is 9.47 Å². The zero-order valence-corrected chi connectivity index (χ0v) is 17.8. The highest BCUT2D eigenvalue weighted by atomic mass is 19.1. The van der Waals surface area contributed by atoms with Crippen molar-refractivity contribution in [1.29, 1.82) is 0 Å². The van der Waals surface area contributed by atoms with Gasteiger partial charge in [-0.3, -0.25) is 9.88 Å². The molecule has 0 bridgehead atoms. The van der Waals surface area contributed by atoms with Crippen LogP contribution in [0.5, 0.6) is 0 Å². The Morgan fingerprint density at radius 1 is 1.15 bits per heavy atom. The first-order valence-corrected chi connectivity index (χ1v) is 9.47. The molecule has 1 aliphatic rings. The Morgan fingerprint density at radius 3 is 2.30 bits per heavy atom. The van der Waals surface area contributed by atoms with Crippen molar-refractivity contribution in [2.75, 3.05) is 6.54 Å². The number of likely N-dealkylation sites (tertiary alicyclic amines) is 1. The molecule has 152 valence electrons. The summed E-state index contributed by atoms with van der Waals surface area (Å²) >= 11 is 0. The number of pyridine rings is 1. The molecule has 2 atom stereocenters. The summed E-state index contributed by atoms with van der Waals surface area (Å²) in [6.45, 7) is 16.4. The summed E-state index contributed by atoms with van der Waals surface area (Å²) in [5.41, 5.74) is -0.402. The van der Waals surface area contributed by atoms with Crippen molar-refractivity contribution in [2.45, 2.75) is 85.2 Å². The SMILES string of the molecule is CC(C)(C)OC(=O)N1C[C@H](OC(C)(C)C(C)(C)C)CC1c1cncc(F)c1. The predicted octanol–water partition coefficient (Wildman–Crippen LogP) is 5.11.